The number of carbonyl (C=O) groups excluding carboxylic acids is 2. The quantitative estimate of drug-likeness (QED) is 0.805. The zero-order chi connectivity index (χ0) is 19.6. The lowest BCUT2D eigenvalue weighted by Crippen LogP contribution is -2.57. The minimum atomic E-state index is 0.0224. The van der Waals surface area contributed by atoms with Gasteiger partial charge in [-0.2, -0.15) is 0 Å². The van der Waals surface area contributed by atoms with Crippen molar-refractivity contribution in [3.63, 3.8) is 0 Å². The molecule has 0 spiro atoms. The number of aryl methyl sites for hydroxylation is 1. The second kappa shape index (κ2) is 6.06. The lowest BCUT2D eigenvalue weighted by Gasteiger charge is -2.49. The first-order chi connectivity index (χ1) is 13.4. The lowest BCUT2D eigenvalue weighted by atomic mass is 9.66. The molecule has 1 aliphatic carbocycles. The van der Waals surface area contributed by atoms with E-state index in [2.05, 4.69) is 16.8 Å². The highest BCUT2D eigenvalue weighted by molar-refractivity contribution is 5.82. The molecular formula is C22H28N4O2. The summed E-state index contributed by atoms with van der Waals surface area (Å²) in [4.78, 5) is 34.6. The number of amides is 2. The van der Waals surface area contributed by atoms with Crippen LogP contribution in [0.2, 0.25) is 0 Å². The van der Waals surface area contributed by atoms with Gasteiger partial charge in [-0.05, 0) is 44.7 Å². The Bertz CT molecular complexity index is 967. The molecule has 0 radical (unpaired) electrons. The predicted octanol–water partition coefficient (Wildman–Crippen LogP) is 2.74. The summed E-state index contributed by atoms with van der Waals surface area (Å²) in [5, 5.41) is 0. The van der Waals surface area contributed by atoms with Gasteiger partial charge in [-0.25, -0.2) is 4.98 Å². The van der Waals surface area contributed by atoms with E-state index in [-0.39, 0.29) is 35.4 Å². The van der Waals surface area contributed by atoms with Crippen LogP contribution >= 0.6 is 0 Å². The fourth-order valence-electron chi connectivity index (χ4n) is 6.33. The highest BCUT2D eigenvalue weighted by Gasteiger charge is 2.61. The molecule has 28 heavy (non-hydrogen) atoms. The summed E-state index contributed by atoms with van der Waals surface area (Å²) in [7, 11) is 0. The zero-order valence-corrected chi connectivity index (χ0v) is 16.9. The molecule has 1 aromatic carbocycles. The molecule has 1 saturated carbocycles. The van der Waals surface area contributed by atoms with E-state index in [1.807, 2.05) is 40.7 Å². The highest BCUT2D eigenvalue weighted by atomic mass is 16.2. The Hall–Kier alpha value is -2.37. The maximum absolute atomic E-state index is 13.5. The number of piperidine rings is 1. The molecule has 0 unspecified atom stereocenters. The van der Waals surface area contributed by atoms with Gasteiger partial charge >= 0.3 is 0 Å². The fourth-order valence-corrected chi connectivity index (χ4v) is 6.33. The number of hydrogen-bond acceptors (Lipinski definition) is 3. The summed E-state index contributed by atoms with van der Waals surface area (Å²) in [6, 6.07) is 8.63. The smallest absolute Gasteiger partial charge is 0.243 e. The van der Waals surface area contributed by atoms with Crippen LogP contribution < -0.4 is 0 Å². The minimum Gasteiger partial charge on any atom is -0.337 e. The number of rotatable bonds is 2. The van der Waals surface area contributed by atoms with Crippen molar-refractivity contribution in [2.75, 3.05) is 6.54 Å². The molecule has 3 fully saturated rings. The number of likely N-dealkylation sites (tertiary alicyclic amines) is 2. The number of hydrogen-bond donors (Lipinski definition) is 0. The summed E-state index contributed by atoms with van der Waals surface area (Å²) in [5.74, 6) is 1.18. The van der Waals surface area contributed by atoms with Crippen LogP contribution in [0.15, 0.2) is 24.3 Å². The van der Waals surface area contributed by atoms with Gasteiger partial charge in [0.15, 0.2) is 0 Å². The van der Waals surface area contributed by atoms with Crippen molar-refractivity contribution in [2.24, 2.45) is 5.41 Å². The topological polar surface area (TPSA) is 58.4 Å². The summed E-state index contributed by atoms with van der Waals surface area (Å²) in [5.41, 5.74) is 1.96. The highest BCUT2D eigenvalue weighted by Crippen LogP contribution is 2.54. The second-order valence-corrected chi connectivity index (χ2v) is 9.03. The SMILES string of the molecule is CC(=O)N1C[C@@H]2C[C@@]3(C)[C@H](CCC[C@@H]13)N2C(=O)Cn1c(C)nc2ccccc21. The number of aromatic nitrogens is 2. The number of para-hydroxylation sites is 2. The van der Waals surface area contributed by atoms with Crippen molar-refractivity contribution < 1.29 is 9.59 Å². The lowest BCUT2D eigenvalue weighted by molar-refractivity contribution is -0.137. The molecular weight excluding hydrogens is 352 g/mol. The molecule has 2 bridgehead atoms. The Morgan fingerprint density at radius 2 is 1.96 bits per heavy atom. The van der Waals surface area contributed by atoms with Gasteiger partial charge in [0.05, 0.1) is 17.1 Å². The average Bonchev–Trinajstić information content (AvgIpc) is 3.13. The van der Waals surface area contributed by atoms with Gasteiger partial charge in [-0.15, -0.1) is 0 Å². The normalized spacial score (nSPS) is 31.5. The first-order valence-electron chi connectivity index (χ1n) is 10.4. The number of fused-ring (bicyclic) bond motifs is 2. The average molecular weight is 380 g/mol. The standard InChI is InChI=1S/C22H28N4O2/c1-14-23-17-7-4-5-8-18(17)24(14)13-21(28)26-16-11-22(3)19(9-6-10-20(22)26)25(12-16)15(2)27/h4-5,7-8,16,19-20H,6,9-13H2,1-3H3/t16-,19+,20-,22+/m0/s1. The molecule has 6 nitrogen and oxygen atoms in total. The van der Waals surface area contributed by atoms with Crippen LogP contribution in [0.3, 0.4) is 0 Å². The zero-order valence-electron chi connectivity index (χ0n) is 16.9. The molecule has 2 aromatic rings. The summed E-state index contributed by atoms with van der Waals surface area (Å²) >= 11 is 0. The van der Waals surface area contributed by atoms with Gasteiger partial charge in [-0.3, -0.25) is 9.59 Å². The Balaban J connectivity index is 1.48. The van der Waals surface area contributed by atoms with E-state index < -0.39 is 0 Å². The second-order valence-electron chi connectivity index (χ2n) is 9.03. The number of nitrogens with zero attached hydrogens (tertiary/aromatic N) is 4. The van der Waals surface area contributed by atoms with E-state index in [0.29, 0.717) is 13.1 Å². The summed E-state index contributed by atoms with van der Waals surface area (Å²) in [6.45, 7) is 6.94. The van der Waals surface area contributed by atoms with Crippen molar-refractivity contribution in [2.45, 2.75) is 71.1 Å². The van der Waals surface area contributed by atoms with Crippen molar-refractivity contribution >= 4 is 22.8 Å². The molecule has 0 N–H and O–H groups in total. The van der Waals surface area contributed by atoms with Gasteiger partial charge in [0.25, 0.3) is 0 Å². The Kier molecular flexibility index (Phi) is 3.83. The molecule has 3 aliphatic rings. The van der Waals surface area contributed by atoms with E-state index in [4.69, 9.17) is 0 Å². The van der Waals surface area contributed by atoms with Crippen LogP contribution in [0, 0.1) is 12.3 Å². The van der Waals surface area contributed by atoms with Gasteiger partial charge in [-0.1, -0.05) is 19.1 Å². The first kappa shape index (κ1) is 17.7. The Labute approximate surface area is 165 Å². The van der Waals surface area contributed by atoms with Gasteiger partial charge in [0.1, 0.15) is 12.4 Å². The fraction of sp³-hybridized carbons (Fsp3) is 0.591. The first-order valence-corrected chi connectivity index (χ1v) is 10.4. The third kappa shape index (κ3) is 2.36. The summed E-state index contributed by atoms with van der Waals surface area (Å²) in [6.07, 6.45) is 4.21. The predicted molar refractivity (Wildman–Crippen MR) is 107 cm³/mol. The third-order valence-corrected chi connectivity index (χ3v) is 7.50. The number of carbonyl (C=O) groups is 2. The largest absolute Gasteiger partial charge is 0.337 e. The van der Waals surface area contributed by atoms with Crippen molar-refractivity contribution in [3.05, 3.63) is 30.1 Å². The van der Waals surface area contributed by atoms with Crippen molar-refractivity contribution in [1.29, 1.82) is 0 Å². The molecule has 3 heterocycles. The van der Waals surface area contributed by atoms with Crippen LogP contribution in [-0.4, -0.2) is 55.8 Å². The monoisotopic (exact) mass is 380 g/mol. The van der Waals surface area contributed by atoms with Crippen LogP contribution in [0.4, 0.5) is 0 Å². The van der Waals surface area contributed by atoms with Gasteiger partial charge in [0, 0.05) is 31.0 Å². The van der Waals surface area contributed by atoms with E-state index in [1.54, 1.807) is 6.92 Å². The molecule has 2 amide bonds. The maximum Gasteiger partial charge on any atom is 0.243 e. The van der Waals surface area contributed by atoms with Gasteiger partial charge < -0.3 is 14.4 Å². The number of benzene rings is 1. The number of imidazole rings is 1. The van der Waals surface area contributed by atoms with Crippen LogP contribution in [-0.2, 0) is 16.1 Å². The van der Waals surface area contributed by atoms with E-state index in [0.717, 1.165) is 42.5 Å². The Morgan fingerprint density at radius 3 is 2.75 bits per heavy atom. The third-order valence-electron chi connectivity index (χ3n) is 7.50. The van der Waals surface area contributed by atoms with E-state index >= 15 is 0 Å². The van der Waals surface area contributed by atoms with Crippen LogP contribution in [0.5, 0.6) is 0 Å². The van der Waals surface area contributed by atoms with E-state index in [1.165, 1.54) is 0 Å². The van der Waals surface area contributed by atoms with Crippen molar-refractivity contribution in [3.8, 4) is 0 Å². The molecule has 5 rings (SSSR count). The molecule has 4 atom stereocenters. The molecule has 6 heteroatoms. The summed E-state index contributed by atoms with van der Waals surface area (Å²) < 4.78 is 2.03. The maximum atomic E-state index is 13.5. The van der Waals surface area contributed by atoms with Crippen molar-refractivity contribution in [1.82, 2.24) is 19.4 Å². The molecule has 2 aliphatic heterocycles. The Morgan fingerprint density at radius 1 is 1.21 bits per heavy atom. The van der Waals surface area contributed by atoms with Crippen LogP contribution in [0.25, 0.3) is 11.0 Å². The molecule has 2 saturated heterocycles. The minimum absolute atomic E-state index is 0.0224. The molecule has 1 aromatic heterocycles. The van der Waals surface area contributed by atoms with Gasteiger partial charge in [0.2, 0.25) is 11.8 Å². The molecule has 148 valence electrons. The van der Waals surface area contributed by atoms with E-state index in [9.17, 15) is 9.59 Å². The van der Waals surface area contributed by atoms with Crippen LogP contribution in [0.1, 0.15) is 45.4 Å².